The summed E-state index contributed by atoms with van der Waals surface area (Å²) >= 11 is 6.02. The van der Waals surface area contributed by atoms with Crippen molar-refractivity contribution in [1.29, 1.82) is 0 Å². The summed E-state index contributed by atoms with van der Waals surface area (Å²) in [5.74, 6) is 0.00365. The molecule has 0 saturated carbocycles. The van der Waals surface area contributed by atoms with Crippen molar-refractivity contribution in [3.05, 3.63) is 76.7 Å². The minimum Gasteiger partial charge on any atom is -0.383 e. The van der Waals surface area contributed by atoms with E-state index in [1.807, 2.05) is 31.4 Å². The molecule has 168 valence electrons. The summed E-state index contributed by atoms with van der Waals surface area (Å²) in [4.78, 5) is 34.3. The van der Waals surface area contributed by atoms with Gasteiger partial charge in [-0.3, -0.25) is 4.79 Å². The Labute approximate surface area is 195 Å². The highest BCUT2D eigenvalue weighted by Crippen LogP contribution is 2.29. The quantitative estimate of drug-likeness (QED) is 0.342. The number of nitrogens with zero attached hydrogens (tertiary/aromatic N) is 3. The zero-order chi connectivity index (χ0) is 23.7. The molecule has 8 nitrogen and oxygen atoms in total. The first-order valence-electron chi connectivity index (χ1n) is 10.3. The number of benzene rings is 2. The van der Waals surface area contributed by atoms with Gasteiger partial charge in [-0.25, -0.2) is 14.8 Å². The molecular formula is C24H23ClN6O2. The zero-order valence-corrected chi connectivity index (χ0v) is 19.1. The van der Waals surface area contributed by atoms with E-state index in [2.05, 4.69) is 20.6 Å². The van der Waals surface area contributed by atoms with Gasteiger partial charge in [0.25, 0.3) is 0 Å². The highest BCUT2D eigenvalue weighted by molar-refractivity contribution is 6.31. The lowest BCUT2D eigenvalue weighted by Crippen LogP contribution is -2.20. The number of hydrogen-bond acceptors (Lipinski definition) is 5. The number of halogens is 1. The van der Waals surface area contributed by atoms with Gasteiger partial charge < -0.3 is 20.9 Å². The summed E-state index contributed by atoms with van der Waals surface area (Å²) in [5, 5.41) is 6.57. The van der Waals surface area contributed by atoms with E-state index in [-0.39, 0.29) is 17.6 Å². The molecule has 33 heavy (non-hydrogen) atoms. The number of aryl methyl sites for hydroxylation is 1. The number of urea groups is 1. The van der Waals surface area contributed by atoms with Crippen LogP contribution in [-0.4, -0.2) is 26.3 Å². The van der Waals surface area contributed by atoms with E-state index in [0.717, 1.165) is 5.56 Å². The van der Waals surface area contributed by atoms with Crippen LogP contribution >= 0.6 is 11.6 Å². The number of rotatable bonds is 5. The van der Waals surface area contributed by atoms with Gasteiger partial charge in [-0.15, -0.1) is 0 Å². The molecule has 0 atom stereocenters. The van der Waals surface area contributed by atoms with E-state index in [4.69, 9.17) is 17.3 Å². The molecule has 0 saturated heterocycles. The summed E-state index contributed by atoms with van der Waals surface area (Å²) in [6.07, 6.45) is 3.13. The van der Waals surface area contributed by atoms with Crippen LogP contribution in [0.1, 0.15) is 41.4 Å². The third-order valence-electron chi connectivity index (χ3n) is 5.27. The van der Waals surface area contributed by atoms with E-state index in [0.29, 0.717) is 38.6 Å². The molecule has 0 radical (unpaired) electrons. The minimum atomic E-state index is -0.445. The summed E-state index contributed by atoms with van der Waals surface area (Å²) < 4.78 is 1.89. The topological polar surface area (TPSA) is 115 Å². The molecule has 2 heterocycles. The minimum absolute atomic E-state index is 0.0787. The normalized spacial score (nSPS) is 11.1. The number of nitrogens with two attached hydrogens (primary N) is 1. The third-order valence-corrected chi connectivity index (χ3v) is 5.51. The van der Waals surface area contributed by atoms with Gasteiger partial charge in [-0.05, 0) is 50.6 Å². The Kier molecular flexibility index (Phi) is 6.02. The van der Waals surface area contributed by atoms with Gasteiger partial charge >= 0.3 is 6.03 Å². The van der Waals surface area contributed by atoms with E-state index in [1.54, 1.807) is 42.6 Å². The Bertz CT molecular complexity index is 1380. The van der Waals surface area contributed by atoms with Crippen LogP contribution in [0, 0.1) is 6.92 Å². The van der Waals surface area contributed by atoms with Crippen LogP contribution in [0.3, 0.4) is 0 Å². The predicted octanol–water partition coefficient (Wildman–Crippen LogP) is 5.43. The van der Waals surface area contributed by atoms with Crippen LogP contribution in [0.15, 0.2) is 55.0 Å². The summed E-state index contributed by atoms with van der Waals surface area (Å²) in [5.41, 5.74) is 9.44. The van der Waals surface area contributed by atoms with Crippen molar-refractivity contribution in [2.75, 3.05) is 16.4 Å². The predicted molar refractivity (Wildman–Crippen MR) is 131 cm³/mol. The maximum absolute atomic E-state index is 13.4. The molecule has 2 aromatic carbocycles. The van der Waals surface area contributed by atoms with Crippen molar-refractivity contribution in [3.8, 4) is 0 Å². The lowest BCUT2D eigenvalue weighted by molar-refractivity contribution is 0.104. The first-order valence-corrected chi connectivity index (χ1v) is 10.7. The smallest absolute Gasteiger partial charge is 0.323 e. The molecule has 0 spiro atoms. The molecule has 4 rings (SSSR count). The molecule has 4 N–H and O–H groups in total. The molecule has 4 aromatic rings. The van der Waals surface area contributed by atoms with Crippen LogP contribution in [0.4, 0.5) is 22.0 Å². The Morgan fingerprint density at radius 2 is 1.88 bits per heavy atom. The van der Waals surface area contributed by atoms with Gasteiger partial charge in [0.15, 0.2) is 5.78 Å². The van der Waals surface area contributed by atoms with Crippen molar-refractivity contribution >= 4 is 51.6 Å². The monoisotopic (exact) mass is 462 g/mol. The molecule has 9 heteroatoms. The van der Waals surface area contributed by atoms with E-state index in [9.17, 15) is 9.59 Å². The Morgan fingerprint density at radius 1 is 1.09 bits per heavy atom. The number of carbonyl (C=O) groups is 2. The second kappa shape index (κ2) is 8.91. The number of hydrogen-bond donors (Lipinski definition) is 3. The van der Waals surface area contributed by atoms with Crippen molar-refractivity contribution in [3.63, 3.8) is 0 Å². The highest BCUT2D eigenvalue weighted by Gasteiger charge is 2.21. The number of nitrogens with one attached hydrogen (secondary N) is 2. The number of fused-ring (bicyclic) bond motifs is 1. The standard InChI is InChI=1S/C24H23ClN6O2/c1-13(2)31-11-18(20-22(26)27-12-28-23(20)31)21(32)15-5-4-6-17(9-15)29-24(33)30-19-10-16(25)8-7-14(19)3/h4-13H,1-3H3,(H2,26,27,28)(H2,29,30,33). The largest absolute Gasteiger partial charge is 0.383 e. The number of nitrogen functional groups attached to an aromatic ring is 1. The summed E-state index contributed by atoms with van der Waals surface area (Å²) in [6, 6.07) is 11.6. The Morgan fingerprint density at radius 3 is 2.64 bits per heavy atom. The average molecular weight is 463 g/mol. The lowest BCUT2D eigenvalue weighted by atomic mass is 10.0. The first kappa shape index (κ1) is 22.3. The van der Waals surface area contributed by atoms with Gasteiger partial charge in [0.2, 0.25) is 0 Å². The fourth-order valence-electron chi connectivity index (χ4n) is 3.58. The van der Waals surface area contributed by atoms with Crippen molar-refractivity contribution in [2.45, 2.75) is 26.8 Å². The van der Waals surface area contributed by atoms with Crippen molar-refractivity contribution in [2.24, 2.45) is 0 Å². The molecule has 0 bridgehead atoms. The van der Waals surface area contributed by atoms with Crippen molar-refractivity contribution in [1.82, 2.24) is 14.5 Å². The fourth-order valence-corrected chi connectivity index (χ4v) is 3.75. The Balaban J connectivity index is 1.61. The SMILES string of the molecule is Cc1ccc(Cl)cc1NC(=O)Nc1cccc(C(=O)c2cn(C(C)C)c3ncnc(N)c23)c1. The Hall–Kier alpha value is -3.91. The summed E-state index contributed by atoms with van der Waals surface area (Å²) in [7, 11) is 0. The molecule has 2 aromatic heterocycles. The number of carbonyl (C=O) groups excluding carboxylic acids is 2. The summed E-state index contributed by atoms with van der Waals surface area (Å²) in [6.45, 7) is 5.86. The molecule has 0 unspecified atom stereocenters. The number of anilines is 3. The molecule has 0 aliphatic rings. The number of aromatic nitrogens is 3. The number of ketones is 1. The van der Waals surface area contributed by atoms with Crippen LogP contribution in [0.25, 0.3) is 11.0 Å². The van der Waals surface area contributed by atoms with E-state index < -0.39 is 6.03 Å². The molecule has 2 amide bonds. The van der Waals surface area contributed by atoms with Crippen LogP contribution in [0.5, 0.6) is 0 Å². The second-order valence-corrected chi connectivity index (χ2v) is 8.39. The van der Waals surface area contributed by atoms with Gasteiger partial charge in [-0.2, -0.15) is 0 Å². The van der Waals surface area contributed by atoms with Gasteiger partial charge in [0.05, 0.1) is 10.9 Å². The fraction of sp³-hybridized carbons (Fsp3) is 0.167. The van der Waals surface area contributed by atoms with Gasteiger partial charge in [-0.1, -0.05) is 29.8 Å². The van der Waals surface area contributed by atoms with Crippen LogP contribution < -0.4 is 16.4 Å². The number of amides is 2. The maximum Gasteiger partial charge on any atom is 0.323 e. The maximum atomic E-state index is 13.4. The second-order valence-electron chi connectivity index (χ2n) is 7.95. The van der Waals surface area contributed by atoms with Crippen LogP contribution in [0.2, 0.25) is 5.02 Å². The lowest BCUT2D eigenvalue weighted by Gasteiger charge is -2.11. The molecule has 0 aliphatic heterocycles. The van der Waals surface area contributed by atoms with Crippen LogP contribution in [-0.2, 0) is 0 Å². The first-order chi connectivity index (χ1) is 15.7. The molecule has 0 aliphatic carbocycles. The van der Waals surface area contributed by atoms with Gasteiger partial charge in [0, 0.05) is 34.2 Å². The van der Waals surface area contributed by atoms with Crippen molar-refractivity contribution < 1.29 is 9.59 Å². The van der Waals surface area contributed by atoms with E-state index in [1.165, 1.54) is 6.33 Å². The van der Waals surface area contributed by atoms with E-state index >= 15 is 0 Å². The van der Waals surface area contributed by atoms with Gasteiger partial charge in [0.1, 0.15) is 17.8 Å². The third kappa shape index (κ3) is 4.51. The highest BCUT2D eigenvalue weighted by atomic mass is 35.5. The zero-order valence-electron chi connectivity index (χ0n) is 18.4. The average Bonchev–Trinajstić information content (AvgIpc) is 3.17. The molecule has 0 fully saturated rings. The molecular weight excluding hydrogens is 440 g/mol.